The Labute approximate surface area is 239 Å². The molecule has 1 saturated carbocycles. The predicted octanol–water partition coefficient (Wildman–Crippen LogP) is 0.661. The summed E-state index contributed by atoms with van der Waals surface area (Å²) in [5.74, 6) is -4.01. The number of nitrogens with one attached hydrogen (secondary N) is 4. The highest BCUT2D eigenvalue weighted by Gasteiger charge is 2.56. The topological polar surface area (TPSA) is 195 Å². The Bertz CT molecular complexity index is 1440. The Morgan fingerprint density at radius 3 is 2.49 bits per heavy atom. The summed E-state index contributed by atoms with van der Waals surface area (Å²) in [6.07, 6.45) is 3.01. The number of aliphatic carboxylic acids is 1. The van der Waals surface area contributed by atoms with Crippen LogP contribution < -0.4 is 21.1 Å². The lowest BCUT2D eigenvalue weighted by Gasteiger charge is -2.38. The number of fused-ring (bicyclic) bond motifs is 1. The molecule has 2 aromatic rings. The highest BCUT2D eigenvalue weighted by molar-refractivity contribution is 7.89. The minimum absolute atomic E-state index is 0.0196. The van der Waals surface area contributed by atoms with Crippen LogP contribution in [-0.4, -0.2) is 86.7 Å². The number of carbonyl (C=O) groups excluding carboxylic acids is 2. The number of Topliss-reactive ketones (excluding diaryl/α,β-unsaturated/α-hetero) is 1. The van der Waals surface area contributed by atoms with Gasteiger partial charge in [-0.25, -0.2) is 13.1 Å². The van der Waals surface area contributed by atoms with Crippen molar-refractivity contribution in [3.05, 3.63) is 42.5 Å². The van der Waals surface area contributed by atoms with Gasteiger partial charge in [-0.1, -0.05) is 30.3 Å². The molecular formula is C28H38N6O6S. The summed E-state index contributed by atoms with van der Waals surface area (Å²) in [6.45, 7) is 1.51. The van der Waals surface area contributed by atoms with Crippen LogP contribution in [0.15, 0.2) is 47.4 Å². The molecule has 12 nitrogen and oxygen atoms in total. The highest BCUT2D eigenvalue weighted by atomic mass is 32.2. The van der Waals surface area contributed by atoms with Gasteiger partial charge >= 0.3 is 5.97 Å². The van der Waals surface area contributed by atoms with Crippen molar-refractivity contribution in [1.82, 2.24) is 20.3 Å². The molecule has 2 aliphatic rings. The molecule has 1 aliphatic carbocycles. The molecule has 0 aromatic heterocycles. The van der Waals surface area contributed by atoms with Crippen molar-refractivity contribution in [3.8, 4) is 0 Å². The first kappa shape index (κ1) is 30.6. The number of hydrogen-bond donors (Lipinski definition) is 6. The molecule has 0 radical (unpaired) electrons. The molecule has 7 N–H and O–H groups in total. The van der Waals surface area contributed by atoms with Gasteiger partial charge in [0.25, 0.3) is 0 Å². The van der Waals surface area contributed by atoms with Gasteiger partial charge in [0.1, 0.15) is 5.84 Å². The van der Waals surface area contributed by atoms with Gasteiger partial charge in [0.05, 0.1) is 17.0 Å². The van der Waals surface area contributed by atoms with Crippen molar-refractivity contribution < 1.29 is 27.9 Å². The molecule has 4 atom stereocenters. The molecule has 0 spiro atoms. The molecule has 41 heavy (non-hydrogen) atoms. The molecule has 0 bridgehead atoms. The number of ketones is 1. The second-order valence-corrected chi connectivity index (χ2v) is 12.8. The number of benzene rings is 2. The van der Waals surface area contributed by atoms with Crippen LogP contribution in [0.25, 0.3) is 10.8 Å². The molecule has 1 saturated heterocycles. The van der Waals surface area contributed by atoms with Gasteiger partial charge in [0.2, 0.25) is 21.3 Å². The van der Waals surface area contributed by atoms with Gasteiger partial charge in [-0.05, 0) is 68.0 Å². The largest absolute Gasteiger partial charge is 0.480 e. The first-order valence-electron chi connectivity index (χ1n) is 13.7. The summed E-state index contributed by atoms with van der Waals surface area (Å²) in [4.78, 5) is 41.8. The summed E-state index contributed by atoms with van der Waals surface area (Å²) in [5, 5.41) is 26.0. The van der Waals surface area contributed by atoms with Gasteiger partial charge < -0.3 is 26.4 Å². The number of hydrogen-bond acceptors (Lipinski definition) is 8. The lowest BCUT2D eigenvalue weighted by Crippen LogP contribution is -2.63. The maximum atomic E-state index is 13.9. The first-order chi connectivity index (χ1) is 19.4. The number of nitrogens with two attached hydrogens (primary N) is 1. The first-order valence-corrected chi connectivity index (χ1v) is 15.2. The summed E-state index contributed by atoms with van der Waals surface area (Å²) in [5.41, 5.74) is 3.18. The molecule has 1 amide bonds. The molecule has 4 rings (SSSR count). The molecule has 222 valence electrons. The van der Waals surface area contributed by atoms with E-state index in [2.05, 4.69) is 15.4 Å². The molecule has 2 fully saturated rings. The van der Waals surface area contributed by atoms with Crippen molar-refractivity contribution in [2.75, 3.05) is 26.7 Å². The maximum absolute atomic E-state index is 13.9. The summed E-state index contributed by atoms with van der Waals surface area (Å²) >= 11 is 0. The van der Waals surface area contributed by atoms with Crippen LogP contribution in [0.4, 0.5) is 0 Å². The van der Waals surface area contributed by atoms with E-state index in [1.165, 1.54) is 31.0 Å². The number of carboxylic acid groups (broad SMARTS) is 1. The van der Waals surface area contributed by atoms with Crippen LogP contribution >= 0.6 is 0 Å². The van der Waals surface area contributed by atoms with Crippen LogP contribution in [-0.2, 0) is 24.4 Å². The second-order valence-electron chi connectivity index (χ2n) is 11.1. The standard InChI is InChI=1S/C28H38N6O6S/c1-17(33-41(39,40)22-12-9-18-6-3-4-7-19(18)14-22)24(35)28(27(37)38,16-32-21-10-11-21)26(36)34(2)15-20-8-5-13-31-23(20)25(29)30/h3-4,6-7,9,12,14,17,20-21,23,31-33H,5,8,10-11,13,15-16H2,1-2H3,(H3,29,30)(H,37,38). The van der Waals surface area contributed by atoms with Crippen molar-refractivity contribution in [3.63, 3.8) is 0 Å². The van der Waals surface area contributed by atoms with Gasteiger partial charge in [-0.15, -0.1) is 0 Å². The van der Waals surface area contributed by atoms with E-state index in [0.29, 0.717) is 18.4 Å². The van der Waals surface area contributed by atoms with Crippen LogP contribution in [0.2, 0.25) is 0 Å². The van der Waals surface area contributed by atoms with Gasteiger partial charge in [-0.3, -0.25) is 19.8 Å². The van der Waals surface area contributed by atoms with Crippen LogP contribution in [0.5, 0.6) is 0 Å². The van der Waals surface area contributed by atoms with Crippen LogP contribution in [0, 0.1) is 16.7 Å². The zero-order valence-electron chi connectivity index (χ0n) is 23.2. The average molecular weight is 587 g/mol. The number of amidine groups is 1. The fourth-order valence-corrected chi connectivity index (χ4v) is 6.70. The number of nitrogens with zero attached hydrogens (tertiary/aromatic N) is 1. The Balaban J connectivity index is 1.60. The van der Waals surface area contributed by atoms with Crippen molar-refractivity contribution in [2.45, 2.75) is 55.6 Å². The Kier molecular flexibility index (Phi) is 9.12. The molecule has 4 unspecified atom stereocenters. The van der Waals surface area contributed by atoms with E-state index in [1.54, 1.807) is 18.2 Å². The molecule has 1 aliphatic heterocycles. The lowest BCUT2D eigenvalue weighted by atomic mass is 9.78. The normalized spacial score (nSPS) is 21.5. The fourth-order valence-electron chi connectivity index (χ4n) is 5.46. The predicted molar refractivity (Wildman–Crippen MR) is 154 cm³/mol. The minimum Gasteiger partial charge on any atom is -0.480 e. The van der Waals surface area contributed by atoms with E-state index in [4.69, 9.17) is 11.1 Å². The van der Waals surface area contributed by atoms with E-state index >= 15 is 0 Å². The minimum atomic E-state index is -4.24. The number of carbonyl (C=O) groups is 3. The van der Waals surface area contributed by atoms with Crippen LogP contribution in [0.3, 0.4) is 0 Å². The summed E-state index contributed by atoms with van der Waals surface area (Å²) in [7, 11) is -2.82. The lowest BCUT2D eigenvalue weighted by molar-refractivity contribution is -0.165. The summed E-state index contributed by atoms with van der Waals surface area (Å²) in [6, 6.07) is 9.69. The highest BCUT2D eigenvalue weighted by Crippen LogP contribution is 2.29. The Morgan fingerprint density at radius 2 is 1.85 bits per heavy atom. The van der Waals surface area contributed by atoms with Gasteiger partial charge in [0.15, 0.2) is 5.78 Å². The molecule has 13 heteroatoms. The third-order valence-corrected chi connectivity index (χ3v) is 9.46. The average Bonchev–Trinajstić information content (AvgIpc) is 3.77. The number of carboxylic acids is 1. The zero-order valence-corrected chi connectivity index (χ0v) is 24.0. The number of rotatable bonds is 13. The van der Waals surface area contributed by atoms with E-state index in [9.17, 15) is 27.9 Å². The van der Waals surface area contributed by atoms with Gasteiger partial charge in [-0.2, -0.15) is 0 Å². The molecule has 2 aromatic carbocycles. The maximum Gasteiger partial charge on any atom is 0.328 e. The van der Waals surface area contributed by atoms with Crippen molar-refractivity contribution in [1.29, 1.82) is 5.41 Å². The SMILES string of the molecule is CC(NS(=O)(=O)c1ccc2ccccc2c1)C(=O)C(CNC1CC1)(C(=O)O)C(=O)N(C)CC1CCCNC1C(=N)N. The third kappa shape index (κ3) is 6.58. The monoisotopic (exact) mass is 586 g/mol. The number of piperidine rings is 1. The second kappa shape index (κ2) is 12.2. The zero-order chi connectivity index (χ0) is 29.9. The Hall–Kier alpha value is -3.39. The van der Waals surface area contributed by atoms with E-state index in [0.717, 1.165) is 24.6 Å². The summed E-state index contributed by atoms with van der Waals surface area (Å²) < 4.78 is 28.8. The number of amides is 1. The van der Waals surface area contributed by atoms with E-state index in [1.807, 2.05) is 12.1 Å². The van der Waals surface area contributed by atoms with E-state index < -0.39 is 51.7 Å². The van der Waals surface area contributed by atoms with Crippen molar-refractivity contribution in [2.24, 2.45) is 17.1 Å². The quantitative estimate of drug-likeness (QED) is 0.111. The molecule has 1 heterocycles. The van der Waals surface area contributed by atoms with Crippen LogP contribution in [0.1, 0.15) is 32.6 Å². The molecular weight excluding hydrogens is 548 g/mol. The van der Waals surface area contributed by atoms with Gasteiger partial charge in [0, 0.05) is 26.2 Å². The fraction of sp³-hybridized carbons (Fsp3) is 0.500. The smallest absolute Gasteiger partial charge is 0.328 e. The Morgan fingerprint density at radius 1 is 1.17 bits per heavy atom. The third-order valence-electron chi connectivity index (χ3n) is 7.92. The van der Waals surface area contributed by atoms with E-state index in [-0.39, 0.29) is 29.2 Å². The number of sulfonamides is 1. The van der Waals surface area contributed by atoms with Crippen molar-refractivity contribution >= 4 is 44.3 Å².